The third kappa shape index (κ3) is 4.46. The van der Waals surface area contributed by atoms with Crippen LogP contribution in [0.25, 0.3) is 10.8 Å². The van der Waals surface area contributed by atoms with Crippen LogP contribution >= 0.6 is 0 Å². The van der Waals surface area contributed by atoms with Crippen molar-refractivity contribution in [2.24, 2.45) is 0 Å². The van der Waals surface area contributed by atoms with E-state index in [1.54, 1.807) is 25.1 Å². The van der Waals surface area contributed by atoms with Crippen molar-refractivity contribution in [2.45, 2.75) is 25.7 Å². The smallest absolute Gasteiger partial charge is 0.271 e. The number of sulfonamides is 1. The first kappa shape index (κ1) is 18.9. The number of benzene rings is 3. The Balaban J connectivity index is 1.69. The summed E-state index contributed by atoms with van der Waals surface area (Å²) in [6.45, 7) is 5.18. The van der Waals surface area contributed by atoms with E-state index in [1.165, 1.54) is 6.07 Å². The first-order valence-electron chi connectivity index (χ1n) is 8.51. The van der Waals surface area contributed by atoms with E-state index in [9.17, 15) is 13.2 Å². The van der Waals surface area contributed by atoms with Gasteiger partial charge in [0.2, 0.25) is 0 Å². The molecule has 0 aromatic heterocycles. The van der Waals surface area contributed by atoms with Crippen LogP contribution in [0.5, 0.6) is 5.75 Å². The molecule has 0 bridgehead atoms. The van der Waals surface area contributed by atoms with E-state index in [0.29, 0.717) is 11.3 Å². The Hall–Kier alpha value is -2.86. The van der Waals surface area contributed by atoms with Crippen LogP contribution in [0.3, 0.4) is 0 Å². The maximum Gasteiger partial charge on any atom is 0.271 e. The van der Waals surface area contributed by atoms with Gasteiger partial charge in [-0.05, 0) is 55.3 Å². The van der Waals surface area contributed by atoms with E-state index in [2.05, 4.69) is 4.72 Å². The van der Waals surface area contributed by atoms with Gasteiger partial charge < -0.3 is 4.74 Å². The van der Waals surface area contributed by atoms with E-state index < -0.39 is 15.9 Å². The highest BCUT2D eigenvalue weighted by atomic mass is 32.2. The van der Waals surface area contributed by atoms with Crippen LogP contribution in [0.4, 0.5) is 0 Å². The van der Waals surface area contributed by atoms with E-state index in [1.807, 2.05) is 44.2 Å². The molecule has 0 spiro atoms. The molecular weight excluding hydrogens is 362 g/mol. The fraction of sp³-hybridized carbons (Fsp3) is 0.190. The summed E-state index contributed by atoms with van der Waals surface area (Å²) < 4.78 is 32.3. The highest BCUT2D eigenvalue weighted by Crippen LogP contribution is 2.22. The summed E-state index contributed by atoms with van der Waals surface area (Å²) in [7, 11) is -3.93. The largest absolute Gasteiger partial charge is 0.484 e. The number of carbonyl (C=O) groups is 1. The zero-order valence-electron chi connectivity index (χ0n) is 15.4. The SMILES string of the molecule is Cc1ccc(S(=O)(=O)NC(=O)COc2ccc3ccc(C)cc3c2)c(C)c1. The molecule has 0 atom stereocenters. The lowest BCUT2D eigenvalue weighted by Gasteiger charge is -2.11. The molecule has 0 aliphatic carbocycles. The van der Waals surface area contributed by atoms with Gasteiger partial charge in [-0.25, -0.2) is 13.1 Å². The average molecular weight is 383 g/mol. The second-order valence-electron chi connectivity index (χ2n) is 6.60. The molecule has 6 heteroatoms. The summed E-state index contributed by atoms with van der Waals surface area (Å²) in [4.78, 5) is 12.2. The Bertz CT molecular complexity index is 1120. The number of hydrogen-bond acceptors (Lipinski definition) is 4. The van der Waals surface area contributed by atoms with Crippen molar-refractivity contribution in [1.29, 1.82) is 0 Å². The number of hydrogen-bond donors (Lipinski definition) is 1. The molecule has 0 saturated carbocycles. The fourth-order valence-electron chi connectivity index (χ4n) is 2.92. The Labute approximate surface area is 159 Å². The van der Waals surface area contributed by atoms with Crippen LogP contribution in [0, 0.1) is 20.8 Å². The minimum atomic E-state index is -3.93. The molecule has 0 unspecified atom stereocenters. The Morgan fingerprint density at radius 3 is 2.30 bits per heavy atom. The summed E-state index contributed by atoms with van der Waals surface area (Å²) in [6, 6.07) is 16.5. The number of amides is 1. The van der Waals surface area contributed by atoms with Gasteiger partial charge in [-0.15, -0.1) is 0 Å². The summed E-state index contributed by atoms with van der Waals surface area (Å²) in [5.74, 6) is -0.216. The standard InChI is InChI=1S/C21H21NO4S/c1-14-5-9-20(16(3)10-14)27(24,25)22-21(23)13-26-19-8-7-17-6-4-15(2)11-18(17)12-19/h4-12H,13H2,1-3H3,(H,22,23). The van der Waals surface area contributed by atoms with Crippen molar-refractivity contribution in [3.8, 4) is 5.75 Å². The summed E-state index contributed by atoms with van der Waals surface area (Å²) >= 11 is 0. The number of carbonyl (C=O) groups excluding carboxylic acids is 1. The van der Waals surface area contributed by atoms with Crippen molar-refractivity contribution >= 4 is 26.7 Å². The lowest BCUT2D eigenvalue weighted by atomic mass is 10.1. The highest BCUT2D eigenvalue weighted by Gasteiger charge is 2.20. The number of ether oxygens (including phenoxy) is 1. The molecule has 1 N–H and O–H groups in total. The van der Waals surface area contributed by atoms with Gasteiger partial charge >= 0.3 is 0 Å². The van der Waals surface area contributed by atoms with Crippen LogP contribution < -0.4 is 9.46 Å². The summed E-state index contributed by atoms with van der Waals surface area (Å²) in [5.41, 5.74) is 2.66. The molecule has 0 aliphatic rings. The zero-order valence-corrected chi connectivity index (χ0v) is 16.3. The van der Waals surface area contributed by atoms with Crippen molar-refractivity contribution in [2.75, 3.05) is 6.61 Å². The molecule has 0 fully saturated rings. The number of aryl methyl sites for hydroxylation is 3. The molecule has 0 saturated heterocycles. The molecule has 3 rings (SSSR count). The second-order valence-corrected chi connectivity index (χ2v) is 8.25. The monoisotopic (exact) mass is 383 g/mol. The molecule has 3 aromatic carbocycles. The normalized spacial score (nSPS) is 11.4. The Morgan fingerprint density at radius 1 is 0.889 bits per heavy atom. The predicted octanol–water partition coefficient (Wildman–Crippen LogP) is 3.65. The van der Waals surface area contributed by atoms with E-state index in [0.717, 1.165) is 21.9 Å². The van der Waals surface area contributed by atoms with Crippen molar-refractivity contribution in [3.05, 3.63) is 71.3 Å². The van der Waals surface area contributed by atoms with Crippen molar-refractivity contribution < 1.29 is 17.9 Å². The summed E-state index contributed by atoms with van der Waals surface area (Å²) in [5, 5.41) is 2.06. The molecule has 0 aliphatic heterocycles. The van der Waals surface area contributed by atoms with Crippen LogP contribution in [0.2, 0.25) is 0 Å². The Kier molecular flexibility index (Phi) is 5.19. The topological polar surface area (TPSA) is 72.5 Å². The maximum atomic E-state index is 12.4. The minimum Gasteiger partial charge on any atom is -0.484 e. The van der Waals surface area contributed by atoms with Crippen LogP contribution in [0.15, 0.2) is 59.5 Å². The summed E-state index contributed by atoms with van der Waals surface area (Å²) in [6.07, 6.45) is 0. The van der Waals surface area contributed by atoms with E-state index >= 15 is 0 Å². The number of fused-ring (bicyclic) bond motifs is 1. The molecule has 1 amide bonds. The lowest BCUT2D eigenvalue weighted by molar-refractivity contribution is -0.121. The first-order valence-corrected chi connectivity index (χ1v) is 9.99. The first-order chi connectivity index (χ1) is 12.7. The van der Waals surface area contributed by atoms with Gasteiger partial charge in [-0.2, -0.15) is 0 Å². The quantitative estimate of drug-likeness (QED) is 0.730. The van der Waals surface area contributed by atoms with E-state index in [4.69, 9.17) is 4.74 Å². The van der Waals surface area contributed by atoms with Gasteiger partial charge in [-0.1, -0.05) is 47.5 Å². The molecule has 140 valence electrons. The molecule has 27 heavy (non-hydrogen) atoms. The third-order valence-electron chi connectivity index (χ3n) is 4.21. The minimum absolute atomic E-state index is 0.0858. The number of nitrogens with one attached hydrogen (secondary N) is 1. The molecule has 0 radical (unpaired) electrons. The van der Waals surface area contributed by atoms with Crippen LogP contribution in [-0.2, 0) is 14.8 Å². The fourth-order valence-corrected chi connectivity index (χ4v) is 4.12. The van der Waals surface area contributed by atoms with Gasteiger partial charge in [0.1, 0.15) is 5.75 Å². The lowest BCUT2D eigenvalue weighted by Crippen LogP contribution is -2.34. The Morgan fingerprint density at radius 2 is 1.56 bits per heavy atom. The molecule has 3 aromatic rings. The third-order valence-corrected chi connectivity index (χ3v) is 5.74. The molecule has 5 nitrogen and oxygen atoms in total. The van der Waals surface area contributed by atoms with Crippen LogP contribution in [0.1, 0.15) is 16.7 Å². The van der Waals surface area contributed by atoms with Gasteiger partial charge in [0.05, 0.1) is 4.90 Å². The zero-order chi connectivity index (χ0) is 19.6. The van der Waals surface area contributed by atoms with Gasteiger partial charge in [0.15, 0.2) is 6.61 Å². The average Bonchev–Trinajstić information content (AvgIpc) is 2.58. The second kappa shape index (κ2) is 7.40. The van der Waals surface area contributed by atoms with E-state index in [-0.39, 0.29) is 11.5 Å². The molecular formula is C21H21NO4S. The van der Waals surface area contributed by atoms with Crippen LogP contribution in [-0.4, -0.2) is 20.9 Å². The maximum absolute atomic E-state index is 12.4. The van der Waals surface area contributed by atoms with Crippen molar-refractivity contribution in [1.82, 2.24) is 4.72 Å². The highest BCUT2D eigenvalue weighted by molar-refractivity contribution is 7.90. The molecule has 0 heterocycles. The van der Waals surface area contributed by atoms with Gasteiger partial charge in [0, 0.05) is 0 Å². The predicted molar refractivity (Wildman–Crippen MR) is 105 cm³/mol. The number of rotatable bonds is 5. The van der Waals surface area contributed by atoms with Gasteiger partial charge in [0.25, 0.3) is 15.9 Å². The van der Waals surface area contributed by atoms with Crippen molar-refractivity contribution in [3.63, 3.8) is 0 Å². The van der Waals surface area contributed by atoms with Gasteiger partial charge in [-0.3, -0.25) is 4.79 Å².